The zero-order chi connectivity index (χ0) is 17.6. The van der Waals surface area contributed by atoms with Gasteiger partial charge >= 0.3 is 0 Å². The van der Waals surface area contributed by atoms with E-state index < -0.39 is 10.0 Å². The van der Waals surface area contributed by atoms with Gasteiger partial charge in [0.1, 0.15) is 17.7 Å². The lowest BCUT2D eigenvalue weighted by atomic mass is 10.00. The number of aromatic nitrogens is 2. The minimum Gasteiger partial charge on any atom is -0.489 e. The normalized spacial score (nSPS) is 22.3. The highest BCUT2D eigenvalue weighted by atomic mass is 35.5. The number of imidazole rings is 1. The molecular formula is C17H20ClN3O3S. The van der Waals surface area contributed by atoms with Crippen molar-refractivity contribution in [3.8, 4) is 5.75 Å². The van der Waals surface area contributed by atoms with E-state index in [0.29, 0.717) is 23.7 Å². The van der Waals surface area contributed by atoms with Gasteiger partial charge in [0, 0.05) is 43.9 Å². The first-order valence-corrected chi connectivity index (χ1v) is 10.3. The summed E-state index contributed by atoms with van der Waals surface area (Å²) in [7, 11) is -3.60. The fourth-order valence-corrected chi connectivity index (χ4v) is 5.07. The monoisotopic (exact) mass is 381 g/mol. The molecule has 0 fully saturated rings. The Hall–Kier alpha value is -1.57. The molecule has 6 nitrogen and oxygen atoms in total. The Balaban J connectivity index is 1.48. The molecule has 3 heterocycles. The summed E-state index contributed by atoms with van der Waals surface area (Å²) in [5.41, 5.74) is 0.848. The average Bonchev–Trinajstić information content (AvgIpc) is 3.18. The third-order valence-corrected chi connectivity index (χ3v) is 6.51. The Labute approximate surface area is 152 Å². The number of benzene rings is 1. The molecule has 0 aliphatic carbocycles. The zero-order valence-corrected chi connectivity index (χ0v) is 15.5. The molecule has 2 aromatic rings. The van der Waals surface area contributed by atoms with Crippen molar-refractivity contribution in [1.82, 2.24) is 14.3 Å². The van der Waals surface area contributed by atoms with Crippen molar-refractivity contribution in [3.63, 3.8) is 0 Å². The van der Waals surface area contributed by atoms with E-state index in [1.807, 2.05) is 13.1 Å². The molecule has 0 radical (unpaired) electrons. The second kappa shape index (κ2) is 6.30. The van der Waals surface area contributed by atoms with Gasteiger partial charge in [-0.15, -0.1) is 0 Å². The van der Waals surface area contributed by atoms with Crippen LogP contribution in [0.15, 0.2) is 29.4 Å². The van der Waals surface area contributed by atoms with Crippen molar-refractivity contribution in [2.75, 3.05) is 6.54 Å². The van der Waals surface area contributed by atoms with Crippen LogP contribution >= 0.6 is 11.6 Å². The first-order valence-electron chi connectivity index (χ1n) is 8.41. The number of halogens is 1. The third-order valence-electron chi connectivity index (χ3n) is 4.83. The molecule has 8 heteroatoms. The number of nitrogens with one attached hydrogen (secondary N) is 1. The number of nitrogens with zero attached hydrogens (tertiary/aromatic N) is 2. The van der Waals surface area contributed by atoms with Gasteiger partial charge in [-0.25, -0.2) is 18.1 Å². The summed E-state index contributed by atoms with van der Waals surface area (Å²) in [5, 5.41) is 0.350. The number of aryl methyl sites for hydroxylation is 1. The van der Waals surface area contributed by atoms with Crippen LogP contribution in [0.25, 0.3) is 0 Å². The Morgan fingerprint density at radius 1 is 1.44 bits per heavy atom. The van der Waals surface area contributed by atoms with Crippen molar-refractivity contribution in [3.05, 3.63) is 40.9 Å². The topological polar surface area (TPSA) is 73.2 Å². The Bertz CT molecular complexity index is 910. The molecular weight excluding hydrogens is 362 g/mol. The smallest absolute Gasteiger partial charge is 0.240 e. The van der Waals surface area contributed by atoms with Gasteiger partial charge in [-0.2, -0.15) is 0 Å². The van der Waals surface area contributed by atoms with Gasteiger partial charge in [-0.3, -0.25) is 0 Å². The Morgan fingerprint density at radius 2 is 2.28 bits per heavy atom. The van der Waals surface area contributed by atoms with Gasteiger partial charge in [0.15, 0.2) is 0 Å². The molecule has 2 atom stereocenters. The predicted octanol–water partition coefficient (Wildman–Crippen LogP) is 2.40. The van der Waals surface area contributed by atoms with Crippen molar-refractivity contribution in [1.29, 1.82) is 0 Å². The van der Waals surface area contributed by atoms with E-state index in [-0.39, 0.29) is 16.9 Å². The van der Waals surface area contributed by atoms with E-state index in [9.17, 15) is 8.42 Å². The summed E-state index contributed by atoms with van der Waals surface area (Å²) in [6.07, 6.45) is 6.22. The molecule has 2 aliphatic rings. The lowest BCUT2D eigenvalue weighted by Gasteiger charge is -2.24. The van der Waals surface area contributed by atoms with Gasteiger partial charge in [-0.05, 0) is 31.4 Å². The first kappa shape index (κ1) is 16.9. The maximum atomic E-state index is 12.7. The molecule has 2 aliphatic heterocycles. The molecule has 1 aromatic heterocycles. The molecule has 0 unspecified atom stereocenters. The van der Waals surface area contributed by atoms with E-state index >= 15 is 0 Å². The van der Waals surface area contributed by atoms with Gasteiger partial charge in [0.25, 0.3) is 0 Å². The summed E-state index contributed by atoms with van der Waals surface area (Å²) in [6, 6.07) is 3.14. The van der Waals surface area contributed by atoms with Crippen molar-refractivity contribution >= 4 is 21.6 Å². The maximum Gasteiger partial charge on any atom is 0.240 e. The van der Waals surface area contributed by atoms with Crippen LogP contribution in [0.2, 0.25) is 5.02 Å². The van der Waals surface area contributed by atoms with Gasteiger partial charge in [-0.1, -0.05) is 11.6 Å². The van der Waals surface area contributed by atoms with E-state index in [0.717, 1.165) is 30.8 Å². The number of fused-ring (bicyclic) bond motifs is 2. The van der Waals surface area contributed by atoms with E-state index in [1.165, 1.54) is 6.07 Å². The number of hydrogen-bond acceptors (Lipinski definition) is 4. The van der Waals surface area contributed by atoms with E-state index in [1.54, 1.807) is 12.3 Å². The molecule has 1 N–H and O–H groups in total. The fraction of sp³-hybridized carbons (Fsp3) is 0.471. The second-order valence-corrected chi connectivity index (χ2v) is 8.95. The van der Waals surface area contributed by atoms with Gasteiger partial charge in [0.2, 0.25) is 10.0 Å². The summed E-state index contributed by atoms with van der Waals surface area (Å²) < 4.78 is 35.8. The van der Waals surface area contributed by atoms with Crippen LogP contribution in [0.1, 0.15) is 24.7 Å². The molecule has 134 valence electrons. The van der Waals surface area contributed by atoms with Crippen molar-refractivity contribution in [2.45, 2.75) is 43.7 Å². The van der Waals surface area contributed by atoms with Crippen LogP contribution in [-0.4, -0.2) is 30.6 Å². The van der Waals surface area contributed by atoms with Gasteiger partial charge < -0.3 is 9.30 Å². The van der Waals surface area contributed by atoms with Crippen LogP contribution < -0.4 is 9.46 Å². The minimum absolute atomic E-state index is 0.0185. The number of sulfonamides is 1. The molecule has 4 rings (SSSR count). The molecule has 25 heavy (non-hydrogen) atoms. The Morgan fingerprint density at radius 3 is 3.12 bits per heavy atom. The van der Waals surface area contributed by atoms with E-state index in [4.69, 9.17) is 16.3 Å². The number of rotatable bonds is 4. The highest BCUT2D eigenvalue weighted by Gasteiger charge is 2.27. The summed E-state index contributed by atoms with van der Waals surface area (Å²) in [4.78, 5) is 4.50. The van der Waals surface area contributed by atoms with Crippen LogP contribution in [0, 0.1) is 5.92 Å². The SMILES string of the molecule is C[C@@H]1Cc2cc(S(=O)(=O)NC[C@H]3CCc4nccn4C3)cc(Cl)c2O1. The lowest BCUT2D eigenvalue weighted by Crippen LogP contribution is -2.33. The molecule has 1 aromatic carbocycles. The van der Waals surface area contributed by atoms with Crippen LogP contribution in [0.5, 0.6) is 5.75 Å². The van der Waals surface area contributed by atoms with Crippen LogP contribution in [0.4, 0.5) is 0 Å². The highest BCUT2D eigenvalue weighted by Crippen LogP contribution is 2.38. The zero-order valence-electron chi connectivity index (χ0n) is 13.9. The molecule has 0 amide bonds. The first-order chi connectivity index (χ1) is 11.9. The van der Waals surface area contributed by atoms with Crippen LogP contribution in [0.3, 0.4) is 0 Å². The lowest BCUT2D eigenvalue weighted by molar-refractivity contribution is 0.255. The average molecular weight is 382 g/mol. The second-order valence-electron chi connectivity index (χ2n) is 6.78. The molecule has 0 spiro atoms. The minimum atomic E-state index is -3.60. The van der Waals surface area contributed by atoms with Crippen LogP contribution in [-0.2, 0) is 29.4 Å². The summed E-state index contributed by atoms with van der Waals surface area (Å²) in [6.45, 7) is 3.13. The Kier molecular flexibility index (Phi) is 4.25. The maximum absolute atomic E-state index is 12.7. The van der Waals surface area contributed by atoms with Crippen molar-refractivity contribution in [2.24, 2.45) is 5.92 Å². The standard InChI is InChI=1S/C17H20ClN3O3S/c1-11-6-13-7-14(8-15(18)17(13)24-11)25(22,23)20-9-12-2-3-16-19-4-5-21(16)10-12/h4-5,7-8,11-12,20H,2-3,6,9-10H2,1H3/t11-,12-/m1/s1. The number of hydrogen-bond donors (Lipinski definition) is 1. The molecule has 0 saturated carbocycles. The summed E-state index contributed by atoms with van der Waals surface area (Å²) >= 11 is 6.21. The molecule has 0 saturated heterocycles. The number of ether oxygens (including phenoxy) is 1. The molecule has 0 bridgehead atoms. The predicted molar refractivity (Wildman–Crippen MR) is 94.5 cm³/mol. The fourth-order valence-electron chi connectivity index (χ4n) is 3.53. The summed E-state index contributed by atoms with van der Waals surface area (Å²) in [5.74, 6) is 1.93. The largest absolute Gasteiger partial charge is 0.489 e. The highest BCUT2D eigenvalue weighted by molar-refractivity contribution is 7.89. The van der Waals surface area contributed by atoms with Gasteiger partial charge in [0.05, 0.1) is 9.92 Å². The van der Waals surface area contributed by atoms with Crippen molar-refractivity contribution < 1.29 is 13.2 Å². The van der Waals surface area contributed by atoms with E-state index in [2.05, 4.69) is 14.3 Å². The third kappa shape index (κ3) is 3.28. The quantitative estimate of drug-likeness (QED) is 0.882.